The van der Waals surface area contributed by atoms with Crippen molar-refractivity contribution in [2.75, 3.05) is 30.4 Å². The van der Waals surface area contributed by atoms with Crippen LogP contribution in [0.25, 0.3) is 0 Å². The summed E-state index contributed by atoms with van der Waals surface area (Å²) in [4.78, 5) is 18.6. The number of aromatic nitrogens is 3. The molecule has 2 aromatic heterocycles. The number of carbonyl (C=O) groups excluding carboxylic acids is 1. The molecule has 0 atom stereocenters. The molecule has 0 aliphatic carbocycles. The smallest absolute Gasteiger partial charge is 0.262 e. The molecule has 0 spiro atoms. The molecule has 0 saturated carbocycles. The molecule has 35 heavy (non-hydrogen) atoms. The van der Waals surface area contributed by atoms with Gasteiger partial charge in [-0.2, -0.15) is 0 Å². The summed E-state index contributed by atoms with van der Waals surface area (Å²) in [6, 6.07) is 4.30. The highest BCUT2D eigenvalue weighted by Gasteiger charge is 2.34. The fourth-order valence-electron chi connectivity index (χ4n) is 4.16. The van der Waals surface area contributed by atoms with Crippen LogP contribution in [0.5, 0.6) is 5.88 Å². The van der Waals surface area contributed by atoms with E-state index in [0.717, 1.165) is 17.8 Å². The quantitative estimate of drug-likeness (QED) is 0.513. The normalized spacial score (nSPS) is 14.7. The minimum absolute atomic E-state index is 0.186. The molecule has 1 fully saturated rings. The number of nitrogens with one attached hydrogen (secondary N) is 1. The van der Waals surface area contributed by atoms with Crippen LogP contribution in [0.4, 0.5) is 20.2 Å². The molecular formula is C23H25F2N5O4S. The molecule has 0 unspecified atom stereocenters. The first kappa shape index (κ1) is 24.6. The third kappa shape index (κ3) is 4.97. The molecule has 1 saturated heterocycles. The molecule has 1 aliphatic rings. The molecule has 0 radical (unpaired) electrons. The van der Waals surface area contributed by atoms with Gasteiger partial charge in [0.2, 0.25) is 5.88 Å². The van der Waals surface area contributed by atoms with Gasteiger partial charge in [-0.1, -0.05) is 0 Å². The van der Waals surface area contributed by atoms with Gasteiger partial charge in [0, 0.05) is 38.1 Å². The molecular weight excluding hydrogens is 480 g/mol. The Morgan fingerprint density at radius 2 is 1.91 bits per heavy atom. The number of carbonyl (C=O) groups is 1. The maximum atomic E-state index is 14.2. The number of methoxy groups -OCH3 is 1. The van der Waals surface area contributed by atoms with E-state index in [9.17, 15) is 22.0 Å². The summed E-state index contributed by atoms with van der Waals surface area (Å²) in [5, 5.41) is 6.12. The zero-order valence-electron chi connectivity index (χ0n) is 19.5. The van der Waals surface area contributed by atoms with E-state index in [1.807, 2.05) is 17.9 Å². The Morgan fingerprint density at radius 3 is 2.57 bits per heavy atom. The number of halogens is 2. The topological polar surface area (TPSA) is 106 Å². The van der Waals surface area contributed by atoms with Crippen LogP contribution in [0, 0.1) is 18.6 Å². The summed E-state index contributed by atoms with van der Waals surface area (Å²) >= 11 is 0. The Balaban J connectivity index is 1.53. The van der Waals surface area contributed by atoms with E-state index in [1.165, 1.54) is 11.8 Å². The summed E-state index contributed by atoms with van der Waals surface area (Å²) in [5.74, 6) is -2.16. The number of pyridine rings is 1. The molecule has 3 aromatic rings. The zero-order chi connectivity index (χ0) is 25.3. The number of hydrogen-bond acceptors (Lipinski definition) is 7. The standard InChI is InChI=1S/C23H25F2N5O4S/c1-14-10-20(19(12-26-14)27-22(31)17-13-29(2)28-23(17)34-3)30-8-6-16(7-9-30)35(32,33)21-5-4-15(24)11-18(21)25/h4-5,10-13,16H,6-9H2,1-3H3,(H,27,31). The van der Waals surface area contributed by atoms with Gasteiger partial charge < -0.3 is 15.0 Å². The maximum Gasteiger partial charge on any atom is 0.262 e. The first-order chi connectivity index (χ1) is 16.6. The Bertz CT molecular complexity index is 1370. The third-order valence-corrected chi connectivity index (χ3v) is 8.22. The third-order valence-electron chi connectivity index (χ3n) is 5.92. The molecule has 9 nitrogen and oxygen atoms in total. The number of ether oxygens (including phenoxy) is 1. The Morgan fingerprint density at radius 1 is 1.20 bits per heavy atom. The van der Waals surface area contributed by atoms with E-state index in [1.54, 1.807) is 19.4 Å². The van der Waals surface area contributed by atoms with Crippen LogP contribution in [0.1, 0.15) is 28.9 Å². The second-order valence-corrected chi connectivity index (χ2v) is 10.5. The molecule has 1 N–H and O–H groups in total. The van der Waals surface area contributed by atoms with Crippen LogP contribution in [0.15, 0.2) is 41.6 Å². The molecule has 1 aromatic carbocycles. The summed E-state index contributed by atoms with van der Waals surface area (Å²) in [5.41, 5.74) is 2.13. The van der Waals surface area contributed by atoms with Crippen LogP contribution in [-0.4, -0.2) is 54.5 Å². The van der Waals surface area contributed by atoms with Gasteiger partial charge >= 0.3 is 0 Å². The molecule has 4 rings (SSSR count). The fourth-order valence-corrected chi connectivity index (χ4v) is 5.94. The number of hydrogen-bond donors (Lipinski definition) is 1. The van der Waals surface area contributed by atoms with Crippen LogP contribution in [0.2, 0.25) is 0 Å². The van der Waals surface area contributed by atoms with Gasteiger partial charge in [-0.15, -0.1) is 5.10 Å². The average molecular weight is 506 g/mol. The van der Waals surface area contributed by atoms with Crippen molar-refractivity contribution in [3.8, 4) is 5.88 Å². The monoisotopic (exact) mass is 505 g/mol. The molecule has 1 aliphatic heterocycles. The number of aryl methyl sites for hydroxylation is 2. The average Bonchev–Trinajstić information content (AvgIpc) is 3.21. The zero-order valence-corrected chi connectivity index (χ0v) is 20.3. The second kappa shape index (κ2) is 9.61. The number of piperidine rings is 1. The van der Waals surface area contributed by atoms with E-state index in [2.05, 4.69) is 15.4 Å². The Hall–Kier alpha value is -3.54. The Labute approximate surface area is 201 Å². The van der Waals surface area contributed by atoms with Crippen molar-refractivity contribution in [1.29, 1.82) is 0 Å². The summed E-state index contributed by atoms with van der Waals surface area (Å²) < 4.78 is 60.0. The summed E-state index contributed by atoms with van der Waals surface area (Å²) in [6.07, 6.45) is 3.57. The number of sulfone groups is 1. The SMILES string of the molecule is COc1nn(C)cc1C(=O)Nc1cnc(C)cc1N1CCC(S(=O)(=O)c2ccc(F)cc2F)CC1. The summed E-state index contributed by atoms with van der Waals surface area (Å²) in [7, 11) is -0.868. The lowest BCUT2D eigenvalue weighted by atomic mass is 10.1. The number of nitrogens with zero attached hydrogens (tertiary/aromatic N) is 4. The Kier molecular flexibility index (Phi) is 6.75. The minimum Gasteiger partial charge on any atom is -0.479 e. The van der Waals surface area contributed by atoms with Crippen LogP contribution >= 0.6 is 0 Å². The predicted molar refractivity (Wildman–Crippen MR) is 125 cm³/mol. The summed E-state index contributed by atoms with van der Waals surface area (Å²) in [6.45, 7) is 2.53. The van der Waals surface area contributed by atoms with Gasteiger partial charge in [0.1, 0.15) is 22.1 Å². The maximum absolute atomic E-state index is 14.2. The van der Waals surface area contributed by atoms with Gasteiger partial charge in [-0.25, -0.2) is 17.2 Å². The lowest BCUT2D eigenvalue weighted by Gasteiger charge is -2.34. The van der Waals surface area contributed by atoms with Gasteiger partial charge in [-0.05, 0) is 38.0 Å². The largest absolute Gasteiger partial charge is 0.479 e. The van der Waals surface area contributed by atoms with E-state index in [4.69, 9.17) is 4.74 Å². The first-order valence-corrected chi connectivity index (χ1v) is 12.4. The van der Waals surface area contributed by atoms with Gasteiger partial charge in [0.15, 0.2) is 9.84 Å². The van der Waals surface area contributed by atoms with Crippen molar-refractivity contribution in [2.24, 2.45) is 7.05 Å². The molecule has 1 amide bonds. The van der Waals surface area contributed by atoms with Crippen molar-refractivity contribution >= 4 is 27.1 Å². The molecule has 3 heterocycles. The number of amides is 1. The van der Waals surface area contributed by atoms with Crippen molar-refractivity contribution in [1.82, 2.24) is 14.8 Å². The van der Waals surface area contributed by atoms with Crippen molar-refractivity contribution in [3.05, 3.63) is 59.6 Å². The van der Waals surface area contributed by atoms with E-state index < -0.39 is 37.5 Å². The number of rotatable bonds is 6. The van der Waals surface area contributed by atoms with Crippen LogP contribution in [0.3, 0.4) is 0 Å². The van der Waals surface area contributed by atoms with Crippen molar-refractivity contribution in [3.63, 3.8) is 0 Å². The number of anilines is 2. The van der Waals surface area contributed by atoms with Gasteiger partial charge in [0.25, 0.3) is 5.91 Å². The van der Waals surface area contributed by atoms with Crippen molar-refractivity contribution < 1.29 is 26.7 Å². The lowest BCUT2D eigenvalue weighted by Crippen LogP contribution is -2.40. The van der Waals surface area contributed by atoms with Gasteiger partial charge in [0.05, 0.1) is 29.9 Å². The first-order valence-electron chi connectivity index (χ1n) is 10.9. The molecule has 12 heteroatoms. The highest BCUT2D eigenvalue weighted by atomic mass is 32.2. The van der Waals surface area contributed by atoms with E-state index >= 15 is 0 Å². The van der Waals surface area contributed by atoms with Crippen LogP contribution < -0.4 is 15.0 Å². The fraction of sp³-hybridized carbons (Fsp3) is 0.348. The molecule has 186 valence electrons. The number of benzene rings is 1. The van der Waals surface area contributed by atoms with Crippen molar-refractivity contribution in [2.45, 2.75) is 29.9 Å². The second-order valence-electron chi connectivity index (χ2n) is 8.33. The predicted octanol–water partition coefficient (Wildman–Crippen LogP) is 3.11. The minimum atomic E-state index is -3.97. The van der Waals surface area contributed by atoms with E-state index in [0.29, 0.717) is 30.5 Å². The molecule has 0 bridgehead atoms. The highest BCUT2D eigenvalue weighted by molar-refractivity contribution is 7.92. The lowest BCUT2D eigenvalue weighted by molar-refractivity contribution is 0.102. The van der Waals surface area contributed by atoms with E-state index in [-0.39, 0.29) is 24.3 Å². The van der Waals surface area contributed by atoms with Crippen LogP contribution in [-0.2, 0) is 16.9 Å². The highest BCUT2D eigenvalue weighted by Crippen LogP contribution is 2.33. The van der Waals surface area contributed by atoms with Gasteiger partial charge in [-0.3, -0.25) is 14.5 Å².